The van der Waals surface area contributed by atoms with Gasteiger partial charge in [0.15, 0.2) is 0 Å². The van der Waals surface area contributed by atoms with Crippen molar-refractivity contribution in [2.24, 2.45) is 0 Å². The van der Waals surface area contributed by atoms with Gasteiger partial charge >= 0.3 is 0 Å². The first-order valence-electron chi connectivity index (χ1n) is 7.71. The van der Waals surface area contributed by atoms with E-state index in [1.807, 2.05) is 9.80 Å². The van der Waals surface area contributed by atoms with Crippen molar-refractivity contribution >= 4 is 5.91 Å². The van der Waals surface area contributed by atoms with Gasteiger partial charge in [-0.25, -0.2) is 0 Å². The molecule has 1 saturated carbocycles. The minimum atomic E-state index is 0.0766. The first kappa shape index (κ1) is 15.3. The van der Waals surface area contributed by atoms with Crippen molar-refractivity contribution in [3.63, 3.8) is 0 Å². The lowest BCUT2D eigenvalue weighted by Gasteiger charge is -2.30. The molecule has 2 rings (SSSR count). The molecule has 0 radical (unpaired) electrons. The van der Waals surface area contributed by atoms with Gasteiger partial charge in [0, 0.05) is 24.8 Å². The third-order valence-electron chi connectivity index (χ3n) is 3.92. The predicted molar refractivity (Wildman–Crippen MR) is 80.1 cm³/mol. The van der Waals surface area contributed by atoms with Crippen LogP contribution in [0.1, 0.15) is 38.5 Å². The van der Waals surface area contributed by atoms with Crippen molar-refractivity contribution in [1.29, 1.82) is 0 Å². The Bertz CT molecular complexity index is 375. The Morgan fingerprint density at radius 1 is 1.45 bits per heavy atom. The Hall–Kier alpha value is -1.13. The maximum Gasteiger partial charge on any atom is 0.241 e. The second kappa shape index (κ2) is 7.60. The number of carbonyl (C=O) groups excluding carboxylic acids is 1. The normalized spacial score (nSPS) is 18.8. The molecule has 0 spiro atoms. The molecule has 0 aliphatic heterocycles. The highest BCUT2D eigenvalue weighted by Crippen LogP contribution is 2.33. The number of allylic oxidation sites excluding steroid dienone is 2. The van der Waals surface area contributed by atoms with Gasteiger partial charge in [0.2, 0.25) is 5.91 Å². The molecule has 0 unspecified atom stereocenters. The number of carbonyl (C=O) groups is 1. The van der Waals surface area contributed by atoms with Gasteiger partial charge in [-0.2, -0.15) is 0 Å². The third-order valence-corrected chi connectivity index (χ3v) is 3.92. The van der Waals surface area contributed by atoms with Crippen LogP contribution in [-0.2, 0) is 4.79 Å². The summed E-state index contributed by atoms with van der Waals surface area (Å²) in [4.78, 5) is 16.6. The molecule has 0 aromatic heterocycles. The zero-order valence-corrected chi connectivity index (χ0v) is 12.3. The van der Waals surface area contributed by atoms with E-state index < -0.39 is 0 Å². The van der Waals surface area contributed by atoms with E-state index in [4.69, 9.17) is 5.11 Å². The highest BCUT2D eigenvalue weighted by molar-refractivity contribution is 5.80. The smallest absolute Gasteiger partial charge is 0.241 e. The molecule has 0 heterocycles. The second-order valence-electron chi connectivity index (χ2n) is 5.68. The molecule has 0 aromatic carbocycles. The van der Waals surface area contributed by atoms with Gasteiger partial charge in [0.25, 0.3) is 0 Å². The maximum atomic E-state index is 12.6. The standard InChI is InChI=1S/C16H26N2O2/c1-2-10-17(11-12-19)13-16(20)18(15-8-9-15)14-6-4-3-5-7-14/h2,6,15,19H,1,3-5,7-13H2. The van der Waals surface area contributed by atoms with E-state index in [-0.39, 0.29) is 12.5 Å². The number of rotatable bonds is 8. The lowest BCUT2D eigenvalue weighted by atomic mass is 10.0. The summed E-state index contributed by atoms with van der Waals surface area (Å²) in [6.45, 7) is 5.33. The van der Waals surface area contributed by atoms with E-state index in [0.29, 0.717) is 25.7 Å². The molecule has 0 bridgehead atoms. The molecule has 4 heteroatoms. The van der Waals surface area contributed by atoms with Crippen LogP contribution in [0.3, 0.4) is 0 Å². The number of hydrogen-bond donors (Lipinski definition) is 1. The fourth-order valence-electron chi connectivity index (χ4n) is 2.80. The molecule has 1 N–H and O–H groups in total. The molecule has 0 aromatic rings. The first-order chi connectivity index (χ1) is 9.76. The molecule has 112 valence electrons. The molecule has 2 aliphatic carbocycles. The predicted octanol–water partition coefficient (Wildman–Crippen LogP) is 1.92. The molecule has 1 fully saturated rings. The number of amides is 1. The molecule has 2 aliphatic rings. The zero-order chi connectivity index (χ0) is 14.4. The van der Waals surface area contributed by atoms with Crippen molar-refractivity contribution in [2.45, 2.75) is 44.6 Å². The minimum Gasteiger partial charge on any atom is -0.395 e. The Morgan fingerprint density at radius 3 is 2.80 bits per heavy atom. The molecule has 1 amide bonds. The van der Waals surface area contributed by atoms with Crippen molar-refractivity contribution in [3.8, 4) is 0 Å². The maximum absolute atomic E-state index is 12.6. The van der Waals surface area contributed by atoms with E-state index in [1.54, 1.807) is 6.08 Å². The van der Waals surface area contributed by atoms with Gasteiger partial charge in [0.1, 0.15) is 0 Å². The third kappa shape index (κ3) is 4.18. The summed E-state index contributed by atoms with van der Waals surface area (Å²) in [5.74, 6) is 0.177. The number of nitrogens with zero attached hydrogens (tertiary/aromatic N) is 2. The van der Waals surface area contributed by atoms with Gasteiger partial charge < -0.3 is 10.0 Å². The second-order valence-corrected chi connectivity index (χ2v) is 5.68. The average Bonchev–Trinajstić information content (AvgIpc) is 3.25. The summed E-state index contributed by atoms with van der Waals surface area (Å²) in [6.07, 6.45) is 10.8. The van der Waals surface area contributed by atoms with Crippen molar-refractivity contribution in [3.05, 3.63) is 24.4 Å². The Labute approximate surface area is 121 Å². The fourth-order valence-corrected chi connectivity index (χ4v) is 2.80. The van der Waals surface area contributed by atoms with Crippen molar-refractivity contribution in [1.82, 2.24) is 9.80 Å². The fraction of sp³-hybridized carbons (Fsp3) is 0.688. The summed E-state index contributed by atoms with van der Waals surface area (Å²) in [5.41, 5.74) is 1.23. The van der Waals surface area contributed by atoms with Gasteiger partial charge in [-0.05, 0) is 38.5 Å². The minimum absolute atomic E-state index is 0.0766. The molecule has 4 nitrogen and oxygen atoms in total. The summed E-state index contributed by atoms with van der Waals surface area (Å²) in [5, 5.41) is 9.07. The van der Waals surface area contributed by atoms with Crippen LogP contribution in [0.2, 0.25) is 0 Å². The van der Waals surface area contributed by atoms with Crippen molar-refractivity contribution in [2.75, 3.05) is 26.2 Å². The number of hydrogen-bond acceptors (Lipinski definition) is 3. The van der Waals surface area contributed by atoms with Gasteiger partial charge in [-0.15, -0.1) is 6.58 Å². The van der Waals surface area contributed by atoms with Gasteiger partial charge in [-0.1, -0.05) is 12.2 Å². The molecule has 0 atom stereocenters. The summed E-state index contributed by atoms with van der Waals surface area (Å²) < 4.78 is 0. The van der Waals surface area contributed by atoms with Crippen molar-refractivity contribution < 1.29 is 9.90 Å². The SMILES string of the molecule is C=CCN(CCO)CC(=O)N(C1=CCCCC1)C1CC1. The van der Waals surface area contributed by atoms with Crippen LogP contribution in [-0.4, -0.2) is 53.1 Å². The summed E-state index contributed by atoms with van der Waals surface area (Å²) in [7, 11) is 0. The summed E-state index contributed by atoms with van der Waals surface area (Å²) >= 11 is 0. The monoisotopic (exact) mass is 278 g/mol. The van der Waals surface area contributed by atoms with Crippen LogP contribution >= 0.6 is 0 Å². The van der Waals surface area contributed by atoms with Crippen LogP contribution < -0.4 is 0 Å². The van der Waals surface area contributed by atoms with Gasteiger partial charge in [0.05, 0.1) is 13.2 Å². The highest BCUT2D eigenvalue weighted by Gasteiger charge is 2.35. The molecular formula is C16H26N2O2. The lowest BCUT2D eigenvalue weighted by Crippen LogP contribution is -2.42. The van der Waals surface area contributed by atoms with Crippen LogP contribution in [0.25, 0.3) is 0 Å². The number of aliphatic hydroxyl groups excluding tert-OH is 1. The van der Waals surface area contributed by atoms with E-state index in [9.17, 15) is 4.79 Å². The van der Waals surface area contributed by atoms with E-state index >= 15 is 0 Å². The largest absolute Gasteiger partial charge is 0.395 e. The quantitative estimate of drug-likeness (QED) is 0.690. The molecule has 0 saturated heterocycles. The van der Waals surface area contributed by atoms with Gasteiger partial charge in [-0.3, -0.25) is 9.69 Å². The Kier molecular flexibility index (Phi) is 5.80. The molecular weight excluding hydrogens is 252 g/mol. The van der Waals surface area contributed by atoms with E-state index in [1.165, 1.54) is 18.5 Å². The topological polar surface area (TPSA) is 43.8 Å². The highest BCUT2D eigenvalue weighted by atomic mass is 16.3. The lowest BCUT2D eigenvalue weighted by molar-refractivity contribution is -0.131. The van der Waals surface area contributed by atoms with E-state index in [2.05, 4.69) is 12.7 Å². The van der Waals surface area contributed by atoms with E-state index in [0.717, 1.165) is 25.7 Å². The average molecular weight is 278 g/mol. The first-order valence-corrected chi connectivity index (χ1v) is 7.71. The van der Waals surface area contributed by atoms with Crippen LogP contribution in [0.15, 0.2) is 24.4 Å². The van der Waals surface area contributed by atoms with Crippen LogP contribution in [0.4, 0.5) is 0 Å². The van der Waals surface area contributed by atoms with Crippen LogP contribution in [0.5, 0.6) is 0 Å². The van der Waals surface area contributed by atoms with Crippen LogP contribution in [0, 0.1) is 0 Å². The summed E-state index contributed by atoms with van der Waals surface area (Å²) in [6, 6.07) is 0.423. The zero-order valence-electron chi connectivity index (χ0n) is 12.3. The Balaban J connectivity index is 1.99. The number of aliphatic hydroxyl groups is 1. The Morgan fingerprint density at radius 2 is 2.25 bits per heavy atom. The molecule has 20 heavy (non-hydrogen) atoms.